The lowest BCUT2D eigenvalue weighted by Crippen LogP contribution is -2.31. The Kier molecular flexibility index (Phi) is 5.14. The van der Waals surface area contributed by atoms with E-state index in [0.29, 0.717) is 17.1 Å². The van der Waals surface area contributed by atoms with Gasteiger partial charge >= 0.3 is 12.0 Å². The van der Waals surface area contributed by atoms with Crippen LogP contribution < -0.4 is 15.4 Å². The second-order valence-electron chi connectivity index (χ2n) is 4.93. The Bertz CT molecular complexity index is 673. The molecule has 120 valence electrons. The SMILES string of the molecule is CC(COc1ccc(N(C(N)=O)c2cccnc2)cc1)C(=O)O. The molecule has 0 radical (unpaired) electrons. The highest BCUT2D eigenvalue weighted by Gasteiger charge is 2.15. The Morgan fingerprint density at radius 3 is 2.48 bits per heavy atom. The Morgan fingerprint density at radius 2 is 1.96 bits per heavy atom. The lowest BCUT2D eigenvalue weighted by atomic mass is 10.2. The molecule has 2 rings (SSSR count). The average Bonchev–Trinajstić information content (AvgIpc) is 2.54. The number of carbonyl (C=O) groups is 2. The number of carbonyl (C=O) groups excluding carboxylic acids is 1. The topological polar surface area (TPSA) is 106 Å². The number of hydrogen-bond donors (Lipinski definition) is 2. The van der Waals surface area contributed by atoms with Gasteiger partial charge in [0, 0.05) is 6.20 Å². The summed E-state index contributed by atoms with van der Waals surface area (Å²) in [6.45, 7) is 1.63. The summed E-state index contributed by atoms with van der Waals surface area (Å²) in [5, 5.41) is 8.82. The smallest absolute Gasteiger partial charge is 0.323 e. The molecule has 1 heterocycles. The highest BCUT2D eigenvalue weighted by Crippen LogP contribution is 2.26. The Hall–Kier alpha value is -3.09. The van der Waals surface area contributed by atoms with Crippen LogP contribution in [0.5, 0.6) is 5.75 Å². The molecule has 0 saturated heterocycles. The highest BCUT2D eigenvalue weighted by atomic mass is 16.5. The fourth-order valence-electron chi connectivity index (χ4n) is 1.87. The molecule has 0 aliphatic carbocycles. The number of nitrogens with two attached hydrogens (primary N) is 1. The number of primary amides is 1. The molecule has 23 heavy (non-hydrogen) atoms. The van der Waals surface area contributed by atoms with E-state index in [1.165, 1.54) is 11.1 Å². The van der Waals surface area contributed by atoms with E-state index in [9.17, 15) is 9.59 Å². The van der Waals surface area contributed by atoms with E-state index in [2.05, 4.69) is 4.98 Å². The van der Waals surface area contributed by atoms with Crippen molar-refractivity contribution in [1.29, 1.82) is 0 Å². The number of rotatable bonds is 6. The minimum Gasteiger partial charge on any atom is -0.493 e. The number of anilines is 2. The van der Waals surface area contributed by atoms with Crippen LogP contribution in [0.15, 0.2) is 48.8 Å². The van der Waals surface area contributed by atoms with Gasteiger partial charge in [0.25, 0.3) is 0 Å². The number of amides is 2. The molecule has 7 heteroatoms. The summed E-state index contributed by atoms with van der Waals surface area (Å²) in [5.74, 6) is -1.01. The van der Waals surface area contributed by atoms with Gasteiger partial charge in [-0.2, -0.15) is 0 Å². The first-order chi connectivity index (χ1) is 11.0. The molecule has 0 bridgehead atoms. The molecule has 0 aliphatic heterocycles. The zero-order valence-electron chi connectivity index (χ0n) is 12.5. The molecule has 0 spiro atoms. The van der Waals surface area contributed by atoms with Crippen LogP contribution in [0.2, 0.25) is 0 Å². The standard InChI is InChI=1S/C16H17N3O4/c1-11(15(20)21)10-23-14-6-4-12(5-7-14)19(16(17)22)13-3-2-8-18-9-13/h2-9,11H,10H2,1H3,(H2,17,22)(H,20,21). The summed E-state index contributed by atoms with van der Waals surface area (Å²) in [7, 11) is 0. The molecule has 3 N–H and O–H groups in total. The van der Waals surface area contributed by atoms with Crippen LogP contribution in [0.3, 0.4) is 0 Å². The van der Waals surface area contributed by atoms with Gasteiger partial charge in [0.1, 0.15) is 12.4 Å². The molecule has 1 atom stereocenters. The number of aliphatic carboxylic acids is 1. The van der Waals surface area contributed by atoms with E-state index in [4.69, 9.17) is 15.6 Å². The first kappa shape index (κ1) is 16.3. The fraction of sp³-hybridized carbons (Fsp3) is 0.188. The summed E-state index contributed by atoms with van der Waals surface area (Å²) in [6.07, 6.45) is 3.13. The fourth-order valence-corrected chi connectivity index (χ4v) is 1.87. The lowest BCUT2D eigenvalue weighted by Gasteiger charge is -2.20. The summed E-state index contributed by atoms with van der Waals surface area (Å²) in [6, 6.07) is 9.42. The Morgan fingerprint density at radius 1 is 1.26 bits per heavy atom. The van der Waals surface area contributed by atoms with E-state index >= 15 is 0 Å². The predicted molar refractivity (Wildman–Crippen MR) is 84.7 cm³/mol. The number of carboxylic acids is 1. The van der Waals surface area contributed by atoms with Crippen molar-refractivity contribution < 1.29 is 19.4 Å². The first-order valence-electron chi connectivity index (χ1n) is 6.94. The highest BCUT2D eigenvalue weighted by molar-refractivity contribution is 5.98. The summed E-state index contributed by atoms with van der Waals surface area (Å²) in [5.41, 5.74) is 6.54. The van der Waals surface area contributed by atoms with Crippen LogP contribution in [0.25, 0.3) is 0 Å². The van der Waals surface area contributed by atoms with E-state index < -0.39 is 17.9 Å². The molecular weight excluding hydrogens is 298 g/mol. The van der Waals surface area contributed by atoms with Gasteiger partial charge in [0.05, 0.1) is 23.5 Å². The second-order valence-corrected chi connectivity index (χ2v) is 4.93. The molecule has 2 amide bonds. The van der Waals surface area contributed by atoms with Crippen LogP contribution in [-0.4, -0.2) is 28.7 Å². The van der Waals surface area contributed by atoms with Crippen molar-refractivity contribution in [2.75, 3.05) is 11.5 Å². The van der Waals surface area contributed by atoms with E-state index in [0.717, 1.165) is 0 Å². The maximum Gasteiger partial charge on any atom is 0.323 e. The molecule has 2 aromatic rings. The zero-order valence-corrected chi connectivity index (χ0v) is 12.5. The number of carboxylic acid groups (broad SMARTS) is 1. The first-order valence-corrected chi connectivity index (χ1v) is 6.94. The molecule has 0 fully saturated rings. The van der Waals surface area contributed by atoms with Crippen LogP contribution in [0, 0.1) is 5.92 Å². The number of nitrogens with zero attached hydrogens (tertiary/aromatic N) is 2. The summed E-state index contributed by atoms with van der Waals surface area (Å²) < 4.78 is 5.40. The number of ether oxygens (including phenoxy) is 1. The van der Waals surface area contributed by atoms with Crippen molar-refractivity contribution in [3.8, 4) is 5.75 Å². The minimum atomic E-state index is -0.918. The Labute approximate surface area is 133 Å². The van der Waals surface area contributed by atoms with Crippen molar-refractivity contribution in [2.45, 2.75) is 6.92 Å². The third-order valence-electron chi connectivity index (χ3n) is 3.14. The number of benzene rings is 1. The molecule has 0 aliphatic rings. The predicted octanol–water partition coefficient (Wildman–Crippen LogP) is 2.40. The maximum absolute atomic E-state index is 11.7. The molecule has 1 aromatic carbocycles. The van der Waals surface area contributed by atoms with Crippen molar-refractivity contribution in [3.05, 3.63) is 48.8 Å². The quantitative estimate of drug-likeness (QED) is 0.851. The third kappa shape index (κ3) is 4.19. The zero-order chi connectivity index (χ0) is 16.8. The maximum atomic E-state index is 11.7. The van der Waals surface area contributed by atoms with E-state index in [-0.39, 0.29) is 6.61 Å². The van der Waals surface area contributed by atoms with Gasteiger partial charge < -0.3 is 15.6 Å². The van der Waals surface area contributed by atoms with Crippen molar-refractivity contribution in [3.63, 3.8) is 0 Å². The Balaban J connectivity index is 2.14. The van der Waals surface area contributed by atoms with Gasteiger partial charge in [-0.1, -0.05) is 0 Å². The minimum absolute atomic E-state index is 0.0663. The number of urea groups is 1. The molecular formula is C16H17N3O4. The van der Waals surface area contributed by atoms with Crippen molar-refractivity contribution in [2.24, 2.45) is 11.7 Å². The number of pyridine rings is 1. The summed E-state index contributed by atoms with van der Waals surface area (Å²) >= 11 is 0. The second kappa shape index (κ2) is 7.26. The van der Waals surface area contributed by atoms with Gasteiger partial charge in [-0.15, -0.1) is 0 Å². The van der Waals surface area contributed by atoms with Crippen LogP contribution >= 0.6 is 0 Å². The van der Waals surface area contributed by atoms with Gasteiger partial charge in [-0.25, -0.2) is 4.79 Å². The summed E-state index contributed by atoms with van der Waals surface area (Å²) in [4.78, 5) is 27.7. The van der Waals surface area contributed by atoms with Crippen LogP contribution in [0.1, 0.15) is 6.92 Å². The number of hydrogen-bond acceptors (Lipinski definition) is 4. The van der Waals surface area contributed by atoms with Crippen LogP contribution in [0.4, 0.5) is 16.2 Å². The third-order valence-corrected chi connectivity index (χ3v) is 3.14. The van der Waals surface area contributed by atoms with Gasteiger partial charge in [0.15, 0.2) is 0 Å². The molecule has 1 aromatic heterocycles. The van der Waals surface area contributed by atoms with Crippen molar-refractivity contribution in [1.82, 2.24) is 4.98 Å². The molecule has 7 nitrogen and oxygen atoms in total. The largest absolute Gasteiger partial charge is 0.493 e. The number of aromatic nitrogens is 1. The lowest BCUT2D eigenvalue weighted by molar-refractivity contribution is -0.142. The van der Waals surface area contributed by atoms with Gasteiger partial charge in [0.2, 0.25) is 0 Å². The van der Waals surface area contributed by atoms with E-state index in [1.54, 1.807) is 49.5 Å². The van der Waals surface area contributed by atoms with Crippen LogP contribution in [-0.2, 0) is 4.79 Å². The normalized spacial score (nSPS) is 11.5. The van der Waals surface area contributed by atoms with Gasteiger partial charge in [-0.05, 0) is 43.3 Å². The molecule has 0 saturated carbocycles. The average molecular weight is 315 g/mol. The monoisotopic (exact) mass is 315 g/mol. The van der Waals surface area contributed by atoms with Crippen molar-refractivity contribution >= 4 is 23.4 Å². The molecule has 1 unspecified atom stereocenters. The van der Waals surface area contributed by atoms with E-state index in [1.807, 2.05) is 0 Å². The van der Waals surface area contributed by atoms with Gasteiger partial charge in [-0.3, -0.25) is 14.7 Å².